The Morgan fingerprint density at radius 1 is 1.26 bits per heavy atom. The van der Waals surface area contributed by atoms with E-state index in [0.717, 1.165) is 6.42 Å². The Bertz CT molecular complexity index is 366. The summed E-state index contributed by atoms with van der Waals surface area (Å²) in [5.74, 6) is 0.0190. The molecular weight excluding hydrogens is 244 g/mol. The van der Waals surface area contributed by atoms with Crippen molar-refractivity contribution in [2.75, 3.05) is 6.54 Å². The highest BCUT2D eigenvalue weighted by atomic mass is 16.2. The molecule has 5 heteroatoms. The van der Waals surface area contributed by atoms with Gasteiger partial charge in [-0.05, 0) is 32.1 Å². The third kappa shape index (κ3) is 4.33. The zero-order valence-corrected chi connectivity index (χ0v) is 12.2. The second-order valence-electron chi connectivity index (χ2n) is 5.67. The number of hydrogen-bond acceptors (Lipinski definition) is 3. The fraction of sp³-hybridized carbons (Fsp3) is 0.786. The highest BCUT2D eigenvalue weighted by Crippen LogP contribution is 2.18. The summed E-state index contributed by atoms with van der Waals surface area (Å²) >= 11 is 0. The minimum Gasteiger partial charge on any atom is -0.345 e. The van der Waals surface area contributed by atoms with Crippen molar-refractivity contribution < 1.29 is 14.4 Å². The van der Waals surface area contributed by atoms with Crippen LogP contribution in [0.4, 0.5) is 0 Å². The molecule has 19 heavy (non-hydrogen) atoms. The van der Waals surface area contributed by atoms with Gasteiger partial charge in [0.25, 0.3) is 0 Å². The van der Waals surface area contributed by atoms with Crippen LogP contribution < -0.4 is 5.32 Å². The number of ketones is 1. The molecule has 1 aliphatic rings. The Morgan fingerprint density at radius 3 is 2.37 bits per heavy atom. The monoisotopic (exact) mass is 268 g/mol. The molecular formula is C14H24N2O3. The minimum absolute atomic E-state index is 0.0329. The molecule has 0 aromatic heterocycles. The highest BCUT2D eigenvalue weighted by Gasteiger charge is 2.33. The Hall–Kier alpha value is -1.39. The lowest BCUT2D eigenvalue weighted by Gasteiger charge is -2.25. The number of hydrogen-bond donors (Lipinski definition) is 1. The standard InChI is InChI=1S/C14H24N2O3/c1-9(2)8-12(10(3)17)15-14(19)13-6-5-7-16(13)11(4)18/h9,12-13H,5-8H2,1-4H3,(H,15,19)/t12-,13-/m0/s1. The van der Waals surface area contributed by atoms with Crippen molar-refractivity contribution in [2.45, 2.75) is 59.0 Å². The van der Waals surface area contributed by atoms with Crippen LogP contribution in [-0.4, -0.2) is 41.1 Å². The van der Waals surface area contributed by atoms with E-state index in [1.807, 2.05) is 13.8 Å². The van der Waals surface area contributed by atoms with Gasteiger partial charge < -0.3 is 10.2 Å². The van der Waals surface area contributed by atoms with E-state index in [1.54, 1.807) is 4.90 Å². The van der Waals surface area contributed by atoms with Gasteiger partial charge in [0.05, 0.1) is 6.04 Å². The number of amides is 2. The number of nitrogens with one attached hydrogen (secondary N) is 1. The Balaban J connectivity index is 2.66. The second-order valence-corrected chi connectivity index (χ2v) is 5.67. The van der Waals surface area contributed by atoms with Gasteiger partial charge in [0.1, 0.15) is 6.04 Å². The van der Waals surface area contributed by atoms with Gasteiger partial charge in [0.2, 0.25) is 11.8 Å². The van der Waals surface area contributed by atoms with Crippen molar-refractivity contribution in [1.82, 2.24) is 10.2 Å². The van der Waals surface area contributed by atoms with Crippen LogP contribution in [-0.2, 0) is 14.4 Å². The fourth-order valence-electron chi connectivity index (χ4n) is 2.48. The molecule has 0 radical (unpaired) electrons. The summed E-state index contributed by atoms with van der Waals surface area (Å²) < 4.78 is 0. The summed E-state index contributed by atoms with van der Waals surface area (Å²) in [5, 5.41) is 2.79. The van der Waals surface area contributed by atoms with Crippen LogP contribution >= 0.6 is 0 Å². The molecule has 0 bridgehead atoms. The van der Waals surface area contributed by atoms with E-state index in [9.17, 15) is 14.4 Å². The summed E-state index contributed by atoms with van der Waals surface area (Å²) in [7, 11) is 0. The van der Waals surface area contributed by atoms with E-state index in [4.69, 9.17) is 0 Å². The maximum absolute atomic E-state index is 12.2. The minimum atomic E-state index is -0.443. The number of carbonyl (C=O) groups is 3. The van der Waals surface area contributed by atoms with Crippen molar-refractivity contribution >= 4 is 17.6 Å². The molecule has 1 rings (SSSR count). The molecule has 1 fully saturated rings. The molecule has 0 aromatic rings. The summed E-state index contributed by atoms with van der Waals surface area (Å²) in [4.78, 5) is 36.8. The molecule has 2 atom stereocenters. The van der Waals surface area contributed by atoms with Gasteiger partial charge >= 0.3 is 0 Å². The van der Waals surface area contributed by atoms with E-state index >= 15 is 0 Å². The first-order chi connectivity index (χ1) is 8.82. The molecule has 2 amide bonds. The molecule has 5 nitrogen and oxygen atoms in total. The fourth-order valence-corrected chi connectivity index (χ4v) is 2.48. The lowest BCUT2D eigenvalue weighted by molar-refractivity contribution is -0.138. The normalized spacial score (nSPS) is 20.5. The number of likely N-dealkylation sites (tertiary alicyclic amines) is 1. The first-order valence-electron chi connectivity index (χ1n) is 6.91. The number of Topliss-reactive ketones (excluding diaryl/α,β-unsaturated/α-hetero) is 1. The molecule has 0 aliphatic carbocycles. The van der Waals surface area contributed by atoms with Crippen LogP contribution in [0.15, 0.2) is 0 Å². The van der Waals surface area contributed by atoms with Crippen molar-refractivity contribution in [3.8, 4) is 0 Å². The van der Waals surface area contributed by atoms with E-state index in [1.165, 1.54) is 13.8 Å². The largest absolute Gasteiger partial charge is 0.345 e. The second kappa shape index (κ2) is 6.68. The van der Waals surface area contributed by atoms with Gasteiger partial charge in [-0.1, -0.05) is 13.8 Å². The third-order valence-electron chi connectivity index (χ3n) is 3.47. The van der Waals surface area contributed by atoms with Crippen molar-refractivity contribution in [2.24, 2.45) is 5.92 Å². The molecule has 108 valence electrons. The van der Waals surface area contributed by atoms with E-state index in [-0.39, 0.29) is 17.6 Å². The topological polar surface area (TPSA) is 66.5 Å². The SMILES string of the molecule is CC(=O)[C@H](CC(C)C)NC(=O)[C@@H]1CCCN1C(C)=O. The van der Waals surface area contributed by atoms with Gasteiger partial charge in [0, 0.05) is 13.5 Å². The predicted molar refractivity (Wildman–Crippen MR) is 72.5 cm³/mol. The van der Waals surface area contributed by atoms with Gasteiger partial charge in [-0.3, -0.25) is 14.4 Å². The summed E-state index contributed by atoms with van der Waals surface area (Å²) in [6.07, 6.45) is 2.15. The van der Waals surface area contributed by atoms with E-state index < -0.39 is 12.1 Å². The molecule has 0 saturated carbocycles. The lowest BCUT2D eigenvalue weighted by Crippen LogP contribution is -2.50. The van der Waals surface area contributed by atoms with E-state index in [0.29, 0.717) is 25.3 Å². The summed E-state index contributed by atoms with van der Waals surface area (Å²) in [6, 6.07) is -0.853. The van der Waals surface area contributed by atoms with Gasteiger partial charge in [-0.15, -0.1) is 0 Å². The summed E-state index contributed by atoms with van der Waals surface area (Å²) in [5.41, 5.74) is 0. The van der Waals surface area contributed by atoms with Crippen molar-refractivity contribution in [1.29, 1.82) is 0 Å². The van der Waals surface area contributed by atoms with Crippen LogP contribution in [0.25, 0.3) is 0 Å². The number of rotatable bonds is 5. The van der Waals surface area contributed by atoms with Gasteiger partial charge in [-0.2, -0.15) is 0 Å². The maximum Gasteiger partial charge on any atom is 0.243 e. The Labute approximate surface area is 114 Å². The average Bonchev–Trinajstić information content (AvgIpc) is 2.76. The van der Waals surface area contributed by atoms with Crippen LogP contribution in [0, 0.1) is 5.92 Å². The number of carbonyl (C=O) groups excluding carboxylic acids is 3. The molecule has 1 heterocycles. The molecule has 0 spiro atoms. The molecule has 1 aliphatic heterocycles. The Kier molecular flexibility index (Phi) is 5.51. The molecule has 1 saturated heterocycles. The van der Waals surface area contributed by atoms with Gasteiger partial charge in [0.15, 0.2) is 5.78 Å². The van der Waals surface area contributed by atoms with Gasteiger partial charge in [-0.25, -0.2) is 0 Å². The van der Waals surface area contributed by atoms with E-state index in [2.05, 4.69) is 5.32 Å². The number of nitrogens with zero attached hydrogens (tertiary/aromatic N) is 1. The molecule has 0 aromatic carbocycles. The van der Waals surface area contributed by atoms with Crippen LogP contribution in [0.3, 0.4) is 0 Å². The highest BCUT2D eigenvalue weighted by molar-refractivity contribution is 5.92. The zero-order chi connectivity index (χ0) is 14.6. The van der Waals surface area contributed by atoms with Crippen molar-refractivity contribution in [3.63, 3.8) is 0 Å². The summed E-state index contributed by atoms with van der Waals surface area (Å²) in [6.45, 7) is 7.62. The van der Waals surface area contributed by atoms with Crippen LogP contribution in [0.1, 0.15) is 47.0 Å². The van der Waals surface area contributed by atoms with Crippen molar-refractivity contribution in [3.05, 3.63) is 0 Å². The smallest absolute Gasteiger partial charge is 0.243 e. The Morgan fingerprint density at radius 2 is 1.89 bits per heavy atom. The van der Waals surface area contributed by atoms with Crippen LogP contribution in [0.5, 0.6) is 0 Å². The zero-order valence-electron chi connectivity index (χ0n) is 12.2. The molecule has 1 N–H and O–H groups in total. The average molecular weight is 268 g/mol. The third-order valence-corrected chi connectivity index (χ3v) is 3.47. The molecule has 0 unspecified atom stereocenters. The lowest BCUT2D eigenvalue weighted by atomic mass is 10.0. The first kappa shape index (κ1) is 15.7. The van der Waals surface area contributed by atoms with Crippen LogP contribution in [0.2, 0.25) is 0 Å². The predicted octanol–water partition coefficient (Wildman–Crippen LogP) is 1.12. The first-order valence-corrected chi connectivity index (χ1v) is 6.91. The quantitative estimate of drug-likeness (QED) is 0.812. The maximum atomic E-state index is 12.2.